The van der Waals surface area contributed by atoms with E-state index in [0.29, 0.717) is 18.7 Å². The van der Waals surface area contributed by atoms with Crippen LogP contribution in [0.2, 0.25) is 5.02 Å². The molecule has 168 valence electrons. The fourth-order valence-electron chi connectivity index (χ4n) is 3.29. The Kier molecular flexibility index (Phi) is 10.8. The molecule has 1 amide bonds. The van der Waals surface area contributed by atoms with E-state index in [9.17, 15) is 18.7 Å². The number of anilines is 2. The van der Waals surface area contributed by atoms with Crippen LogP contribution in [0.4, 0.5) is 20.2 Å². The van der Waals surface area contributed by atoms with E-state index in [2.05, 4.69) is 5.32 Å². The van der Waals surface area contributed by atoms with Crippen molar-refractivity contribution in [3.63, 3.8) is 0 Å². The Hall–Kier alpha value is -2.84. The molecular weight excluding hydrogens is 430 g/mol. The van der Waals surface area contributed by atoms with Crippen molar-refractivity contribution in [2.45, 2.75) is 38.3 Å². The molecule has 1 heterocycles. The van der Waals surface area contributed by atoms with E-state index in [1.54, 1.807) is 4.90 Å². The number of halogens is 3. The number of carbonyl (C=O) groups excluding carboxylic acids is 3. The predicted molar refractivity (Wildman–Crippen MR) is 117 cm³/mol. The summed E-state index contributed by atoms with van der Waals surface area (Å²) in [5, 5.41) is 12.6. The molecular formula is C22H25ClF2N2O4. The van der Waals surface area contributed by atoms with Crippen molar-refractivity contribution in [3.05, 3.63) is 58.6 Å². The first kappa shape index (κ1) is 26.2. The van der Waals surface area contributed by atoms with E-state index in [4.69, 9.17) is 21.2 Å². The SMILES string of the molecule is C=O.C=O.CC1CCCC(O)CN1c1cc(C(=O)Nc2ccc(F)c(Cl)c2)ccc1F. The molecule has 0 radical (unpaired) electrons. The van der Waals surface area contributed by atoms with E-state index in [1.165, 1.54) is 30.3 Å². The van der Waals surface area contributed by atoms with E-state index in [1.807, 2.05) is 20.5 Å². The number of benzene rings is 2. The molecule has 9 heteroatoms. The van der Waals surface area contributed by atoms with Gasteiger partial charge in [-0.2, -0.15) is 0 Å². The topological polar surface area (TPSA) is 86.7 Å². The van der Waals surface area contributed by atoms with Crippen LogP contribution < -0.4 is 10.2 Å². The van der Waals surface area contributed by atoms with Gasteiger partial charge in [-0.3, -0.25) is 4.79 Å². The minimum absolute atomic E-state index is 0.0471. The molecule has 2 aromatic rings. The highest BCUT2D eigenvalue weighted by molar-refractivity contribution is 6.31. The van der Waals surface area contributed by atoms with E-state index < -0.39 is 23.6 Å². The van der Waals surface area contributed by atoms with Crippen LogP contribution in [0.15, 0.2) is 36.4 Å². The fourth-order valence-corrected chi connectivity index (χ4v) is 3.47. The lowest BCUT2D eigenvalue weighted by Gasteiger charge is -2.31. The fraction of sp³-hybridized carbons (Fsp3) is 0.318. The summed E-state index contributed by atoms with van der Waals surface area (Å²) in [6.07, 6.45) is 1.84. The van der Waals surface area contributed by atoms with Crippen LogP contribution in [0.5, 0.6) is 0 Å². The second-order valence-electron chi connectivity index (χ2n) is 6.84. The smallest absolute Gasteiger partial charge is 0.255 e. The van der Waals surface area contributed by atoms with Gasteiger partial charge in [0.05, 0.1) is 16.8 Å². The number of hydrogen-bond acceptors (Lipinski definition) is 5. The molecule has 1 aliphatic heterocycles. The monoisotopic (exact) mass is 454 g/mol. The maximum absolute atomic E-state index is 14.5. The first-order valence-electron chi connectivity index (χ1n) is 9.43. The molecule has 1 aliphatic rings. The van der Waals surface area contributed by atoms with Crippen molar-refractivity contribution in [2.75, 3.05) is 16.8 Å². The second kappa shape index (κ2) is 12.8. The van der Waals surface area contributed by atoms with Crippen molar-refractivity contribution in [1.82, 2.24) is 0 Å². The van der Waals surface area contributed by atoms with Gasteiger partial charge in [0.15, 0.2) is 0 Å². The standard InChI is InChI=1S/C20H21ClF2N2O2.2CH2O/c1-12-3-2-4-15(26)11-25(12)19-9-13(5-7-18(19)23)20(27)24-14-6-8-17(22)16(21)10-14;2*1-2/h5-10,12,15,26H,2-4,11H2,1H3,(H,24,27);2*1H2. The number of amides is 1. The van der Waals surface area contributed by atoms with Crippen LogP contribution in [0.25, 0.3) is 0 Å². The van der Waals surface area contributed by atoms with E-state index >= 15 is 0 Å². The number of carbonyl (C=O) groups is 3. The molecule has 3 rings (SSSR count). The summed E-state index contributed by atoms with van der Waals surface area (Å²) in [5.74, 6) is -1.48. The Labute approximate surface area is 184 Å². The number of β-amino-alcohol motifs (C(OH)–C–C–N with tert-alkyl or cyclic N) is 1. The van der Waals surface area contributed by atoms with Crippen molar-refractivity contribution in [1.29, 1.82) is 0 Å². The quantitative estimate of drug-likeness (QED) is 0.724. The Balaban J connectivity index is 0.00000113. The lowest BCUT2D eigenvalue weighted by molar-refractivity contribution is -0.0987. The largest absolute Gasteiger partial charge is 0.391 e. The highest BCUT2D eigenvalue weighted by Crippen LogP contribution is 2.28. The molecule has 2 unspecified atom stereocenters. The molecule has 2 N–H and O–H groups in total. The zero-order valence-electron chi connectivity index (χ0n) is 17.1. The number of aliphatic hydroxyl groups is 1. The second-order valence-corrected chi connectivity index (χ2v) is 7.24. The molecule has 0 aromatic heterocycles. The third-order valence-electron chi connectivity index (χ3n) is 4.79. The number of aliphatic hydroxyl groups excluding tert-OH is 1. The van der Waals surface area contributed by atoms with Gasteiger partial charge in [-0.05, 0) is 62.6 Å². The van der Waals surface area contributed by atoms with Gasteiger partial charge in [0.1, 0.15) is 25.2 Å². The predicted octanol–water partition coefficient (Wildman–Crippen LogP) is 4.24. The molecule has 0 saturated carbocycles. The van der Waals surface area contributed by atoms with Crippen LogP contribution in [0.3, 0.4) is 0 Å². The maximum Gasteiger partial charge on any atom is 0.255 e. The molecule has 1 saturated heterocycles. The minimum Gasteiger partial charge on any atom is -0.391 e. The lowest BCUT2D eigenvalue weighted by Crippen LogP contribution is -2.37. The van der Waals surface area contributed by atoms with Gasteiger partial charge in [-0.1, -0.05) is 11.6 Å². The number of nitrogens with zero attached hydrogens (tertiary/aromatic N) is 1. The summed E-state index contributed by atoms with van der Waals surface area (Å²) in [5.41, 5.74) is 0.891. The third-order valence-corrected chi connectivity index (χ3v) is 5.08. The highest BCUT2D eigenvalue weighted by Gasteiger charge is 2.25. The maximum atomic E-state index is 14.5. The molecule has 31 heavy (non-hydrogen) atoms. The normalized spacial score (nSPS) is 17.9. The Bertz CT molecular complexity index is 883. The van der Waals surface area contributed by atoms with Crippen molar-refractivity contribution in [2.24, 2.45) is 0 Å². The third kappa shape index (κ3) is 7.11. The van der Waals surface area contributed by atoms with Gasteiger partial charge < -0.3 is 24.9 Å². The molecule has 6 nitrogen and oxygen atoms in total. The zero-order chi connectivity index (χ0) is 23.6. The van der Waals surface area contributed by atoms with Gasteiger partial charge in [0.2, 0.25) is 0 Å². The molecule has 2 aromatic carbocycles. The van der Waals surface area contributed by atoms with Gasteiger partial charge in [-0.15, -0.1) is 0 Å². The molecule has 1 fully saturated rings. The van der Waals surface area contributed by atoms with Gasteiger partial charge in [0.25, 0.3) is 5.91 Å². The molecule has 0 bridgehead atoms. The number of hydrogen-bond donors (Lipinski definition) is 2. The number of rotatable bonds is 3. The molecule has 0 aliphatic carbocycles. The summed E-state index contributed by atoms with van der Waals surface area (Å²) >= 11 is 5.73. The Morgan fingerprint density at radius 1 is 1.10 bits per heavy atom. The Morgan fingerprint density at radius 2 is 1.74 bits per heavy atom. The first-order chi connectivity index (χ1) is 14.8. The molecule has 0 spiro atoms. The highest BCUT2D eigenvalue weighted by atomic mass is 35.5. The van der Waals surface area contributed by atoms with E-state index in [0.717, 1.165) is 18.9 Å². The first-order valence-corrected chi connectivity index (χ1v) is 9.81. The van der Waals surface area contributed by atoms with Crippen LogP contribution in [0.1, 0.15) is 36.5 Å². The summed E-state index contributed by atoms with van der Waals surface area (Å²) in [6, 6.07) is 8.03. The average molecular weight is 455 g/mol. The van der Waals surface area contributed by atoms with Gasteiger partial charge in [0, 0.05) is 23.8 Å². The van der Waals surface area contributed by atoms with Crippen molar-refractivity contribution < 1.29 is 28.3 Å². The van der Waals surface area contributed by atoms with Crippen LogP contribution in [0, 0.1) is 11.6 Å². The zero-order valence-corrected chi connectivity index (χ0v) is 17.9. The number of nitrogens with one attached hydrogen (secondary N) is 1. The van der Waals surface area contributed by atoms with Crippen LogP contribution in [-0.2, 0) is 9.59 Å². The summed E-state index contributed by atoms with van der Waals surface area (Å²) in [4.78, 5) is 30.3. The van der Waals surface area contributed by atoms with Gasteiger partial charge >= 0.3 is 0 Å². The summed E-state index contributed by atoms with van der Waals surface area (Å²) in [6.45, 7) is 6.29. The summed E-state index contributed by atoms with van der Waals surface area (Å²) < 4.78 is 27.7. The van der Waals surface area contributed by atoms with E-state index in [-0.39, 0.29) is 22.3 Å². The van der Waals surface area contributed by atoms with Crippen molar-refractivity contribution in [3.8, 4) is 0 Å². The van der Waals surface area contributed by atoms with Crippen molar-refractivity contribution >= 4 is 42.5 Å². The minimum atomic E-state index is -0.576. The summed E-state index contributed by atoms with van der Waals surface area (Å²) in [7, 11) is 0. The van der Waals surface area contributed by atoms with Crippen LogP contribution >= 0.6 is 11.6 Å². The lowest BCUT2D eigenvalue weighted by atomic mass is 10.1. The molecule has 2 atom stereocenters. The van der Waals surface area contributed by atoms with Crippen LogP contribution in [-0.4, -0.2) is 43.3 Å². The average Bonchev–Trinajstić information content (AvgIpc) is 2.94. The Morgan fingerprint density at radius 3 is 2.39 bits per heavy atom. The van der Waals surface area contributed by atoms with Gasteiger partial charge in [-0.25, -0.2) is 8.78 Å².